The Balaban J connectivity index is 3.37. The third-order valence-corrected chi connectivity index (χ3v) is 3.14. The van der Waals surface area contributed by atoms with Gasteiger partial charge in [0.25, 0.3) is 0 Å². The van der Waals surface area contributed by atoms with Crippen molar-refractivity contribution in [1.29, 1.82) is 0 Å². The average Bonchev–Trinajstić information content (AvgIpc) is 2.33. The summed E-state index contributed by atoms with van der Waals surface area (Å²) in [4.78, 5) is 15.2. The number of alkyl halides is 3. The Morgan fingerprint density at radius 2 is 1.85 bits per heavy atom. The Morgan fingerprint density at radius 1 is 1.25 bits per heavy atom. The van der Waals surface area contributed by atoms with Crippen LogP contribution in [0.25, 0.3) is 0 Å². The summed E-state index contributed by atoms with van der Waals surface area (Å²) in [6, 6.07) is 0. The molecule has 0 saturated heterocycles. The summed E-state index contributed by atoms with van der Waals surface area (Å²) in [5, 5.41) is -0.382. The Kier molecular flexibility index (Phi) is 6.28. The Labute approximate surface area is 139 Å². The molecule has 0 aliphatic heterocycles. The van der Waals surface area contributed by atoms with Gasteiger partial charge in [0.15, 0.2) is 5.75 Å². The number of carbonyl (C=O) groups excluding carboxylic acids is 1. The second kappa shape index (κ2) is 7.09. The van der Waals surface area contributed by atoms with Crippen LogP contribution in [-0.2, 0) is 8.53 Å². The van der Waals surface area contributed by atoms with Gasteiger partial charge < -0.3 is 14.2 Å². The predicted octanol–water partition coefficient (Wildman–Crippen LogP) is 4.76. The summed E-state index contributed by atoms with van der Waals surface area (Å²) < 4.78 is 12.4. The first-order valence-electron chi connectivity index (χ1n) is 5.07. The number of hydrogen-bond acceptors (Lipinski definition) is 5. The number of aromatic nitrogens is 1. The van der Waals surface area contributed by atoms with Crippen molar-refractivity contribution in [1.82, 2.24) is 4.98 Å². The molecular formula is C10H8Cl5NO4. The molecule has 0 unspecified atom stereocenters. The van der Waals surface area contributed by atoms with Gasteiger partial charge in [0.2, 0.25) is 9.67 Å². The molecule has 0 spiro atoms. The number of pyridine rings is 1. The Hall–Kier alpha value is -0.330. The SMILES string of the molecule is CCOC(=O)Oc1c(Cl)c(OC)nc(C(Cl)(Cl)Cl)c1Cl. The van der Waals surface area contributed by atoms with Crippen LogP contribution in [0.2, 0.25) is 10.0 Å². The Bertz CT molecular complexity index is 517. The van der Waals surface area contributed by atoms with Gasteiger partial charge in [-0.3, -0.25) is 0 Å². The highest BCUT2D eigenvalue weighted by molar-refractivity contribution is 6.67. The molecule has 0 aromatic carbocycles. The molecule has 0 amide bonds. The van der Waals surface area contributed by atoms with E-state index in [1.54, 1.807) is 6.92 Å². The fraction of sp³-hybridized carbons (Fsp3) is 0.400. The molecular weight excluding hydrogens is 375 g/mol. The van der Waals surface area contributed by atoms with Gasteiger partial charge in [-0.15, -0.1) is 0 Å². The number of hydrogen-bond donors (Lipinski definition) is 0. The van der Waals surface area contributed by atoms with Crippen molar-refractivity contribution in [2.45, 2.75) is 10.7 Å². The molecule has 1 heterocycles. The van der Waals surface area contributed by atoms with Gasteiger partial charge in [-0.1, -0.05) is 58.0 Å². The lowest BCUT2D eigenvalue weighted by atomic mass is 10.3. The van der Waals surface area contributed by atoms with Crippen molar-refractivity contribution in [3.63, 3.8) is 0 Å². The second-order valence-corrected chi connectivity index (χ2v) is 6.25. The molecule has 0 bridgehead atoms. The van der Waals surface area contributed by atoms with Gasteiger partial charge in [0, 0.05) is 0 Å². The van der Waals surface area contributed by atoms with Crippen molar-refractivity contribution >= 4 is 64.2 Å². The molecule has 0 aliphatic carbocycles. The summed E-state index contributed by atoms with van der Waals surface area (Å²) in [5.74, 6) is -0.378. The van der Waals surface area contributed by atoms with Crippen molar-refractivity contribution in [3.8, 4) is 11.6 Å². The van der Waals surface area contributed by atoms with E-state index in [-0.39, 0.29) is 34.0 Å². The van der Waals surface area contributed by atoms with E-state index in [0.717, 1.165) is 0 Å². The smallest absolute Gasteiger partial charge is 0.480 e. The van der Waals surface area contributed by atoms with Gasteiger partial charge in [0.1, 0.15) is 15.7 Å². The zero-order valence-electron chi connectivity index (χ0n) is 10.2. The summed E-state index contributed by atoms with van der Waals surface area (Å²) in [5.41, 5.74) is -0.190. The van der Waals surface area contributed by atoms with E-state index in [0.29, 0.717) is 0 Å². The number of halogens is 5. The van der Waals surface area contributed by atoms with Crippen LogP contribution in [0.15, 0.2) is 0 Å². The minimum absolute atomic E-state index is 0.105. The molecule has 5 nitrogen and oxygen atoms in total. The van der Waals surface area contributed by atoms with Gasteiger partial charge in [-0.2, -0.15) is 0 Å². The monoisotopic (exact) mass is 381 g/mol. The first-order chi connectivity index (χ1) is 9.22. The van der Waals surface area contributed by atoms with Crippen molar-refractivity contribution in [2.75, 3.05) is 13.7 Å². The van der Waals surface area contributed by atoms with Crippen LogP contribution in [0.4, 0.5) is 4.79 Å². The van der Waals surface area contributed by atoms with E-state index in [9.17, 15) is 4.79 Å². The zero-order valence-corrected chi connectivity index (χ0v) is 14.0. The van der Waals surface area contributed by atoms with Crippen LogP contribution in [0.1, 0.15) is 12.6 Å². The minimum atomic E-state index is -1.96. The summed E-state index contributed by atoms with van der Waals surface area (Å²) >= 11 is 29.1. The average molecular weight is 383 g/mol. The summed E-state index contributed by atoms with van der Waals surface area (Å²) in [6.45, 7) is 1.71. The molecule has 0 aliphatic rings. The summed E-state index contributed by atoms with van der Waals surface area (Å²) in [6.07, 6.45) is -1.01. The van der Waals surface area contributed by atoms with Crippen molar-refractivity contribution < 1.29 is 19.0 Å². The molecule has 10 heteroatoms. The quantitative estimate of drug-likeness (QED) is 0.556. The maximum absolute atomic E-state index is 11.4. The fourth-order valence-corrected chi connectivity index (χ4v) is 2.32. The third-order valence-electron chi connectivity index (χ3n) is 1.92. The fourth-order valence-electron chi connectivity index (χ4n) is 1.14. The van der Waals surface area contributed by atoms with E-state index >= 15 is 0 Å². The highest BCUT2D eigenvalue weighted by Gasteiger charge is 2.33. The maximum Gasteiger partial charge on any atom is 0.513 e. The number of rotatable bonds is 3. The number of ether oxygens (including phenoxy) is 3. The Morgan fingerprint density at radius 3 is 2.30 bits per heavy atom. The van der Waals surface area contributed by atoms with E-state index in [1.165, 1.54) is 7.11 Å². The second-order valence-electron chi connectivity index (χ2n) is 3.21. The topological polar surface area (TPSA) is 57.7 Å². The lowest BCUT2D eigenvalue weighted by molar-refractivity contribution is 0.104. The van der Waals surface area contributed by atoms with E-state index in [4.69, 9.17) is 67.5 Å². The minimum Gasteiger partial charge on any atom is -0.480 e. The van der Waals surface area contributed by atoms with Gasteiger partial charge in [0.05, 0.1) is 13.7 Å². The normalized spacial score (nSPS) is 11.2. The summed E-state index contributed by atoms with van der Waals surface area (Å²) in [7, 11) is 1.29. The highest BCUT2D eigenvalue weighted by atomic mass is 35.6. The lowest BCUT2D eigenvalue weighted by Crippen LogP contribution is -2.14. The lowest BCUT2D eigenvalue weighted by Gasteiger charge is -2.17. The molecule has 0 fully saturated rings. The van der Waals surface area contributed by atoms with Crippen LogP contribution >= 0.6 is 58.0 Å². The molecule has 20 heavy (non-hydrogen) atoms. The van der Waals surface area contributed by atoms with Crippen LogP contribution in [0.3, 0.4) is 0 Å². The first-order valence-corrected chi connectivity index (χ1v) is 6.96. The van der Waals surface area contributed by atoms with Crippen LogP contribution < -0.4 is 9.47 Å². The third kappa shape index (κ3) is 4.09. The van der Waals surface area contributed by atoms with Crippen molar-refractivity contribution in [2.24, 2.45) is 0 Å². The maximum atomic E-state index is 11.4. The zero-order chi connectivity index (χ0) is 15.5. The molecule has 1 aromatic rings. The number of nitrogens with zero attached hydrogens (tertiary/aromatic N) is 1. The van der Waals surface area contributed by atoms with Crippen LogP contribution in [-0.4, -0.2) is 24.9 Å². The van der Waals surface area contributed by atoms with Gasteiger partial charge in [-0.25, -0.2) is 9.78 Å². The van der Waals surface area contributed by atoms with Gasteiger partial charge in [-0.05, 0) is 6.92 Å². The van der Waals surface area contributed by atoms with E-state index < -0.39 is 9.95 Å². The number of methoxy groups -OCH3 is 1. The molecule has 0 saturated carbocycles. The van der Waals surface area contributed by atoms with Gasteiger partial charge >= 0.3 is 6.16 Å². The van der Waals surface area contributed by atoms with Crippen LogP contribution in [0.5, 0.6) is 11.6 Å². The molecule has 0 N–H and O–H groups in total. The van der Waals surface area contributed by atoms with E-state index in [2.05, 4.69) is 9.72 Å². The van der Waals surface area contributed by atoms with Crippen molar-refractivity contribution in [3.05, 3.63) is 15.7 Å². The molecule has 1 rings (SSSR count). The predicted molar refractivity (Wildman–Crippen MR) is 77.7 cm³/mol. The van der Waals surface area contributed by atoms with E-state index in [1.807, 2.05) is 0 Å². The molecule has 112 valence electrons. The number of carbonyl (C=O) groups is 1. The first kappa shape index (κ1) is 17.7. The molecule has 0 atom stereocenters. The molecule has 0 radical (unpaired) electrons. The largest absolute Gasteiger partial charge is 0.513 e. The van der Waals surface area contributed by atoms with Crippen LogP contribution in [0, 0.1) is 0 Å². The highest BCUT2D eigenvalue weighted by Crippen LogP contribution is 2.48. The molecule has 1 aromatic heterocycles. The standard InChI is InChI=1S/C10H8Cl5NO4/c1-3-19-9(17)20-6-4(11)7(10(13,14)15)16-8(18-2)5(6)12/h3H2,1-2H3.